The van der Waals surface area contributed by atoms with Gasteiger partial charge in [0.15, 0.2) is 0 Å². The largest absolute Gasteiger partial charge is 0.355 e. The summed E-state index contributed by atoms with van der Waals surface area (Å²) in [6.07, 6.45) is 4.03. The molecular formula is C17H31N3O. The second-order valence-electron chi connectivity index (χ2n) is 7.44. The highest BCUT2D eigenvalue weighted by Gasteiger charge is 2.38. The van der Waals surface area contributed by atoms with Gasteiger partial charge in [0.25, 0.3) is 0 Å². The summed E-state index contributed by atoms with van der Waals surface area (Å²) >= 11 is 0. The van der Waals surface area contributed by atoms with Crippen LogP contribution in [0, 0.1) is 28.6 Å². The first-order valence-corrected chi connectivity index (χ1v) is 8.16. The van der Waals surface area contributed by atoms with Crippen LogP contribution in [0.1, 0.15) is 53.4 Å². The van der Waals surface area contributed by atoms with Crippen LogP contribution in [0.2, 0.25) is 0 Å². The van der Waals surface area contributed by atoms with E-state index in [1.807, 2.05) is 14.0 Å². The fraction of sp³-hybridized carbons (Fsp3) is 0.882. The van der Waals surface area contributed by atoms with Gasteiger partial charge < -0.3 is 5.32 Å². The van der Waals surface area contributed by atoms with Gasteiger partial charge in [-0.05, 0) is 44.1 Å². The molecule has 120 valence electrons. The van der Waals surface area contributed by atoms with Gasteiger partial charge in [-0.25, -0.2) is 0 Å². The Kier molecular flexibility index (Phi) is 6.67. The fourth-order valence-electron chi connectivity index (χ4n) is 3.24. The van der Waals surface area contributed by atoms with E-state index in [4.69, 9.17) is 0 Å². The number of likely N-dealkylation sites (N-methyl/N-ethyl adjacent to an activating group) is 1. The van der Waals surface area contributed by atoms with E-state index in [1.165, 1.54) is 0 Å². The van der Waals surface area contributed by atoms with E-state index in [9.17, 15) is 10.1 Å². The second-order valence-corrected chi connectivity index (χ2v) is 7.44. The van der Waals surface area contributed by atoms with Crippen molar-refractivity contribution in [3.8, 4) is 6.07 Å². The summed E-state index contributed by atoms with van der Waals surface area (Å²) in [7, 11) is 1.98. The molecule has 0 spiro atoms. The first-order chi connectivity index (χ1) is 9.79. The molecule has 0 aliphatic heterocycles. The van der Waals surface area contributed by atoms with E-state index in [0.717, 1.165) is 32.2 Å². The number of nitriles is 1. The van der Waals surface area contributed by atoms with Crippen LogP contribution in [0.25, 0.3) is 0 Å². The van der Waals surface area contributed by atoms with E-state index < -0.39 is 0 Å². The van der Waals surface area contributed by atoms with Crippen LogP contribution in [0.15, 0.2) is 0 Å². The summed E-state index contributed by atoms with van der Waals surface area (Å²) < 4.78 is 0. The number of nitrogens with zero attached hydrogens (tertiary/aromatic N) is 2. The predicted octanol–water partition coefficient (Wildman–Crippen LogP) is 2.80. The third kappa shape index (κ3) is 5.32. The van der Waals surface area contributed by atoms with Crippen LogP contribution in [0.3, 0.4) is 0 Å². The zero-order valence-corrected chi connectivity index (χ0v) is 14.3. The molecule has 4 heteroatoms. The Morgan fingerprint density at radius 2 is 2.05 bits per heavy atom. The molecule has 0 aromatic heterocycles. The van der Waals surface area contributed by atoms with Crippen LogP contribution < -0.4 is 5.32 Å². The summed E-state index contributed by atoms with van der Waals surface area (Å²) in [5.41, 5.74) is 0.268. The summed E-state index contributed by atoms with van der Waals surface area (Å²) in [6, 6.07) is 2.64. The third-order valence-corrected chi connectivity index (χ3v) is 4.74. The number of amides is 1. The molecule has 4 nitrogen and oxygen atoms in total. The number of rotatable bonds is 5. The Morgan fingerprint density at radius 3 is 2.57 bits per heavy atom. The molecule has 0 bridgehead atoms. The van der Waals surface area contributed by atoms with Crippen LogP contribution >= 0.6 is 0 Å². The molecule has 0 saturated heterocycles. The predicted molar refractivity (Wildman–Crippen MR) is 85.6 cm³/mol. The van der Waals surface area contributed by atoms with E-state index in [0.29, 0.717) is 12.5 Å². The van der Waals surface area contributed by atoms with Gasteiger partial charge in [-0.1, -0.05) is 27.7 Å². The number of carbonyl (C=O) groups excluding carboxylic acids is 1. The van der Waals surface area contributed by atoms with Crippen molar-refractivity contribution in [2.45, 2.75) is 59.4 Å². The van der Waals surface area contributed by atoms with Crippen molar-refractivity contribution >= 4 is 5.91 Å². The van der Waals surface area contributed by atoms with Crippen molar-refractivity contribution in [1.82, 2.24) is 10.2 Å². The lowest BCUT2D eigenvalue weighted by atomic mass is 9.68. The van der Waals surface area contributed by atoms with Gasteiger partial charge in [0, 0.05) is 12.6 Å². The van der Waals surface area contributed by atoms with E-state index >= 15 is 0 Å². The molecular weight excluding hydrogens is 262 g/mol. The summed E-state index contributed by atoms with van der Waals surface area (Å²) in [5.74, 6) is 0.731. The minimum absolute atomic E-state index is 0.0487. The molecule has 1 fully saturated rings. The summed E-state index contributed by atoms with van der Waals surface area (Å²) in [6.45, 7) is 9.98. The molecule has 0 radical (unpaired) electrons. The van der Waals surface area contributed by atoms with Gasteiger partial charge in [0.05, 0.1) is 18.5 Å². The highest BCUT2D eigenvalue weighted by molar-refractivity contribution is 5.77. The summed E-state index contributed by atoms with van der Waals surface area (Å²) in [5, 5.41) is 12.3. The van der Waals surface area contributed by atoms with Gasteiger partial charge >= 0.3 is 0 Å². The smallest absolute Gasteiger partial charge is 0.234 e. The third-order valence-electron chi connectivity index (χ3n) is 4.74. The fourth-order valence-corrected chi connectivity index (χ4v) is 3.24. The normalized spacial score (nSPS) is 26.4. The maximum absolute atomic E-state index is 11.9. The average Bonchev–Trinajstić information content (AvgIpc) is 2.43. The minimum atomic E-state index is 0.0487. The zero-order valence-electron chi connectivity index (χ0n) is 14.3. The maximum Gasteiger partial charge on any atom is 0.234 e. The van der Waals surface area contributed by atoms with Gasteiger partial charge in [0.1, 0.15) is 0 Å². The minimum Gasteiger partial charge on any atom is -0.355 e. The Labute approximate surface area is 129 Å². The SMILES string of the molecule is CCCNC(=O)CN(C)C1CC(C(C)(C)C)CCC1C#N. The van der Waals surface area contributed by atoms with Crippen LogP contribution in [0.4, 0.5) is 0 Å². The maximum atomic E-state index is 11.9. The molecule has 0 aromatic rings. The van der Waals surface area contributed by atoms with Gasteiger partial charge in [-0.2, -0.15) is 5.26 Å². The molecule has 1 amide bonds. The number of hydrogen-bond donors (Lipinski definition) is 1. The Bertz CT molecular complexity index is 380. The number of carbonyl (C=O) groups is 1. The quantitative estimate of drug-likeness (QED) is 0.848. The molecule has 1 aliphatic carbocycles. The average molecular weight is 293 g/mol. The Hall–Kier alpha value is -1.08. The van der Waals surface area contributed by atoms with Gasteiger partial charge in [-0.3, -0.25) is 9.69 Å². The summed E-state index contributed by atoms with van der Waals surface area (Å²) in [4.78, 5) is 14.0. The van der Waals surface area contributed by atoms with E-state index in [-0.39, 0.29) is 23.3 Å². The second kappa shape index (κ2) is 7.79. The first kappa shape index (κ1) is 18.0. The lowest BCUT2D eigenvalue weighted by Gasteiger charge is -2.43. The van der Waals surface area contributed by atoms with Crippen molar-refractivity contribution < 1.29 is 4.79 Å². The molecule has 1 saturated carbocycles. The Balaban J connectivity index is 2.66. The van der Waals surface area contributed by atoms with Crippen molar-refractivity contribution in [3.05, 3.63) is 0 Å². The monoisotopic (exact) mass is 293 g/mol. The Morgan fingerprint density at radius 1 is 1.38 bits per heavy atom. The van der Waals surface area contributed by atoms with E-state index in [2.05, 4.69) is 37.1 Å². The number of hydrogen-bond acceptors (Lipinski definition) is 3. The lowest BCUT2D eigenvalue weighted by Crippen LogP contribution is -2.47. The van der Waals surface area contributed by atoms with Crippen molar-refractivity contribution in [2.75, 3.05) is 20.1 Å². The molecule has 3 atom stereocenters. The highest BCUT2D eigenvalue weighted by atomic mass is 16.2. The van der Waals surface area contributed by atoms with Crippen LogP contribution in [0.5, 0.6) is 0 Å². The number of nitrogens with one attached hydrogen (secondary N) is 1. The molecule has 3 unspecified atom stereocenters. The molecule has 1 rings (SSSR count). The first-order valence-electron chi connectivity index (χ1n) is 8.16. The molecule has 21 heavy (non-hydrogen) atoms. The van der Waals surface area contributed by atoms with E-state index in [1.54, 1.807) is 0 Å². The van der Waals surface area contributed by atoms with Crippen molar-refractivity contribution in [2.24, 2.45) is 17.3 Å². The molecule has 0 aromatic carbocycles. The zero-order chi connectivity index (χ0) is 16.0. The van der Waals surface area contributed by atoms with Crippen molar-refractivity contribution in [3.63, 3.8) is 0 Å². The topological polar surface area (TPSA) is 56.1 Å². The van der Waals surface area contributed by atoms with Gasteiger partial charge in [0.2, 0.25) is 5.91 Å². The highest BCUT2D eigenvalue weighted by Crippen LogP contribution is 2.41. The van der Waals surface area contributed by atoms with Crippen LogP contribution in [-0.4, -0.2) is 37.0 Å². The molecule has 1 aliphatic rings. The lowest BCUT2D eigenvalue weighted by molar-refractivity contribution is -0.122. The molecule has 1 N–H and O–H groups in total. The van der Waals surface area contributed by atoms with Crippen LogP contribution in [-0.2, 0) is 4.79 Å². The van der Waals surface area contributed by atoms with Crippen molar-refractivity contribution in [1.29, 1.82) is 5.26 Å². The standard InChI is InChI=1S/C17H31N3O/c1-6-9-19-16(21)12-20(5)15-10-14(17(2,3)4)8-7-13(15)11-18/h13-15H,6-10,12H2,1-5H3,(H,19,21). The molecule has 0 heterocycles. The van der Waals surface area contributed by atoms with Gasteiger partial charge in [-0.15, -0.1) is 0 Å².